The number of benzene rings is 2. The largest absolute Gasteiger partial charge is 0.417 e. The van der Waals surface area contributed by atoms with E-state index in [4.69, 9.17) is 0 Å². The molecule has 1 atom stereocenters. The second kappa shape index (κ2) is 11.7. The van der Waals surface area contributed by atoms with E-state index < -0.39 is 51.0 Å². The van der Waals surface area contributed by atoms with Crippen molar-refractivity contribution in [1.29, 1.82) is 0 Å². The molecule has 12 heteroatoms. The van der Waals surface area contributed by atoms with Gasteiger partial charge < -0.3 is 5.32 Å². The molecule has 38 heavy (non-hydrogen) atoms. The number of nitrogens with one attached hydrogen (secondary N) is 2. The number of pyridine rings is 1. The van der Waals surface area contributed by atoms with E-state index >= 15 is 0 Å². The van der Waals surface area contributed by atoms with E-state index in [9.17, 15) is 35.2 Å². The number of aromatic nitrogens is 1. The summed E-state index contributed by atoms with van der Waals surface area (Å²) in [5.74, 6) is -3.21. The third-order valence-electron chi connectivity index (χ3n) is 5.48. The standard InChI is InChI=1S/C26H24F5N3O3S/c1-16(18-14-21(27)25(22(28)15-18)34-38(2,36)37)33-24(35)11-9-19-20(26(29,30)31)12-13-32-23(19)10-8-17-6-4-3-5-7-17/h3-7,9,11-16,34H,8,10H2,1-2H3,(H,33,35)/t16-/m1/s1. The van der Waals surface area contributed by atoms with E-state index in [2.05, 4.69) is 10.3 Å². The molecule has 202 valence electrons. The van der Waals surface area contributed by atoms with Gasteiger partial charge >= 0.3 is 6.18 Å². The van der Waals surface area contributed by atoms with Gasteiger partial charge in [0.2, 0.25) is 15.9 Å². The molecule has 2 N–H and O–H groups in total. The molecule has 0 unspecified atom stereocenters. The predicted molar refractivity (Wildman–Crippen MR) is 134 cm³/mol. The number of hydrogen-bond acceptors (Lipinski definition) is 4. The fourth-order valence-corrected chi connectivity index (χ4v) is 4.25. The Balaban J connectivity index is 1.81. The molecule has 0 radical (unpaired) electrons. The number of rotatable bonds is 9. The van der Waals surface area contributed by atoms with Gasteiger partial charge in [0.25, 0.3) is 0 Å². The van der Waals surface area contributed by atoms with Crippen molar-refractivity contribution in [2.24, 2.45) is 0 Å². The van der Waals surface area contributed by atoms with Crippen LogP contribution in [0, 0.1) is 11.6 Å². The smallest absolute Gasteiger partial charge is 0.346 e. The number of carbonyl (C=O) groups excluding carboxylic acids is 1. The molecule has 0 aliphatic carbocycles. The zero-order valence-electron chi connectivity index (χ0n) is 20.3. The minimum atomic E-state index is -4.69. The number of amides is 1. The van der Waals surface area contributed by atoms with Crippen molar-refractivity contribution in [2.45, 2.75) is 32.0 Å². The number of hydrogen-bond donors (Lipinski definition) is 2. The number of halogens is 5. The summed E-state index contributed by atoms with van der Waals surface area (Å²) in [7, 11) is -3.94. The van der Waals surface area contributed by atoms with Crippen molar-refractivity contribution in [3.8, 4) is 0 Å². The van der Waals surface area contributed by atoms with E-state index in [1.807, 2.05) is 30.3 Å². The Bertz CT molecular complexity index is 1420. The van der Waals surface area contributed by atoms with Crippen LogP contribution >= 0.6 is 0 Å². The summed E-state index contributed by atoms with van der Waals surface area (Å²) >= 11 is 0. The topological polar surface area (TPSA) is 88.2 Å². The molecule has 0 saturated heterocycles. The van der Waals surface area contributed by atoms with Crippen LogP contribution in [0.4, 0.5) is 27.6 Å². The van der Waals surface area contributed by atoms with Crippen LogP contribution in [0.3, 0.4) is 0 Å². The van der Waals surface area contributed by atoms with Crippen LogP contribution in [0.2, 0.25) is 0 Å². The van der Waals surface area contributed by atoms with Crippen molar-refractivity contribution in [1.82, 2.24) is 10.3 Å². The Kier molecular flexibility index (Phi) is 8.87. The molecule has 6 nitrogen and oxygen atoms in total. The van der Waals surface area contributed by atoms with Crippen LogP contribution in [0.25, 0.3) is 6.08 Å². The minimum absolute atomic E-state index is 0.0262. The highest BCUT2D eigenvalue weighted by Crippen LogP contribution is 2.34. The summed E-state index contributed by atoms with van der Waals surface area (Å²) in [6, 6.07) is 10.7. The molecule has 0 fully saturated rings. The van der Waals surface area contributed by atoms with E-state index in [-0.39, 0.29) is 23.2 Å². The lowest BCUT2D eigenvalue weighted by molar-refractivity contribution is -0.137. The molecule has 1 amide bonds. The number of sulfonamides is 1. The Morgan fingerprint density at radius 1 is 1.05 bits per heavy atom. The lowest BCUT2D eigenvalue weighted by Crippen LogP contribution is -2.25. The summed E-state index contributed by atoms with van der Waals surface area (Å²) in [5, 5.41) is 2.42. The van der Waals surface area contributed by atoms with E-state index in [0.717, 1.165) is 48.4 Å². The summed E-state index contributed by atoms with van der Waals surface area (Å²) in [6.07, 6.45) is -0.370. The Hall–Kier alpha value is -3.80. The Morgan fingerprint density at radius 2 is 1.68 bits per heavy atom. The predicted octanol–water partition coefficient (Wildman–Crippen LogP) is 5.43. The quantitative estimate of drug-likeness (QED) is 0.274. The second-order valence-corrected chi connectivity index (χ2v) is 10.2. The first-order valence-electron chi connectivity index (χ1n) is 11.3. The highest BCUT2D eigenvalue weighted by Gasteiger charge is 2.34. The van der Waals surface area contributed by atoms with Crippen molar-refractivity contribution in [3.05, 3.63) is 100 Å². The molecule has 0 bridgehead atoms. The number of anilines is 1. The summed E-state index contributed by atoms with van der Waals surface area (Å²) in [4.78, 5) is 16.6. The maximum absolute atomic E-state index is 14.3. The zero-order valence-corrected chi connectivity index (χ0v) is 21.1. The van der Waals surface area contributed by atoms with Gasteiger partial charge in [-0.1, -0.05) is 30.3 Å². The molecule has 1 aromatic heterocycles. The molecule has 3 aromatic rings. The third kappa shape index (κ3) is 7.85. The first-order chi connectivity index (χ1) is 17.7. The Morgan fingerprint density at radius 3 is 2.26 bits per heavy atom. The average molecular weight is 554 g/mol. The van der Waals surface area contributed by atoms with Gasteiger partial charge in [-0.25, -0.2) is 17.2 Å². The molecular weight excluding hydrogens is 529 g/mol. The van der Waals surface area contributed by atoms with Crippen molar-refractivity contribution < 1.29 is 35.2 Å². The normalized spacial score (nSPS) is 12.9. The van der Waals surface area contributed by atoms with Crippen LogP contribution in [-0.2, 0) is 33.8 Å². The summed E-state index contributed by atoms with van der Waals surface area (Å²) in [5.41, 5.74) is -1.04. The molecule has 2 aromatic carbocycles. The van der Waals surface area contributed by atoms with Crippen molar-refractivity contribution >= 4 is 27.7 Å². The fraction of sp³-hybridized carbons (Fsp3) is 0.231. The van der Waals surface area contributed by atoms with Gasteiger partial charge in [-0.15, -0.1) is 0 Å². The van der Waals surface area contributed by atoms with E-state index in [1.54, 1.807) is 4.72 Å². The highest BCUT2D eigenvalue weighted by molar-refractivity contribution is 7.92. The first-order valence-corrected chi connectivity index (χ1v) is 13.2. The average Bonchev–Trinajstić information content (AvgIpc) is 2.83. The number of alkyl halides is 3. The number of carbonyl (C=O) groups is 1. The molecule has 1 heterocycles. The number of nitrogens with zero attached hydrogens (tertiary/aromatic N) is 1. The van der Waals surface area contributed by atoms with Crippen molar-refractivity contribution in [2.75, 3.05) is 11.0 Å². The maximum atomic E-state index is 14.3. The first kappa shape index (κ1) is 28.8. The van der Waals surface area contributed by atoms with Gasteiger partial charge in [-0.2, -0.15) is 13.2 Å². The van der Waals surface area contributed by atoms with Crippen LogP contribution in [0.1, 0.15) is 40.9 Å². The van der Waals surface area contributed by atoms with Crippen molar-refractivity contribution in [3.63, 3.8) is 0 Å². The monoisotopic (exact) mass is 553 g/mol. The van der Waals surface area contributed by atoms with Gasteiger partial charge in [0.15, 0.2) is 11.6 Å². The number of aryl methyl sites for hydroxylation is 2. The van der Waals surface area contributed by atoms with Crippen LogP contribution in [0.5, 0.6) is 0 Å². The van der Waals surface area contributed by atoms with Gasteiger partial charge in [-0.05, 0) is 55.2 Å². The SMILES string of the molecule is C[C@@H](NC(=O)C=Cc1c(C(F)(F)F)ccnc1CCc1ccccc1)c1cc(F)c(NS(C)(=O)=O)c(F)c1. The van der Waals surface area contributed by atoms with E-state index in [1.165, 1.54) is 6.92 Å². The maximum Gasteiger partial charge on any atom is 0.417 e. The minimum Gasteiger partial charge on any atom is -0.346 e. The molecule has 0 aliphatic rings. The molecular formula is C26H24F5N3O3S. The lowest BCUT2D eigenvalue weighted by Gasteiger charge is -2.16. The van der Waals surface area contributed by atoms with Crippen LogP contribution in [0.15, 0.2) is 60.8 Å². The molecule has 3 rings (SSSR count). The summed E-state index contributed by atoms with van der Waals surface area (Å²) in [6.45, 7) is 1.40. The van der Waals surface area contributed by atoms with Gasteiger partial charge in [-0.3, -0.25) is 14.5 Å². The van der Waals surface area contributed by atoms with Gasteiger partial charge in [0.1, 0.15) is 5.69 Å². The summed E-state index contributed by atoms with van der Waals surface area (Å²) < 4.78 is 94.0. The van der Waals surface area contributed by atoms with E-state index in [0.29, 0.717) is 6.42 Å². The second-order valence-electron chi connectivity index (χ2n) is 8.50. The van der Waals surface area contributed by atoms with Crippen LogP contribution < -0.4 is 10.0 Å². The highest BCUT2D eigenvalue weighted by atomic mass is 32.2. The van der Waals surface area contributed by atoms with Gasteiger partial charge in [0.05, 0.1) is 17.9 Å². The third-order valence-corrected chi connectivity index (χ3v) is 6.06. The van der Waals surface area contributed by atoms with Crippen LogP contribution in [-0.4, -0.2) is 25.6 Å². The lowest BCUT2D eigenvalue weighted by atomic mass is 10.00. The fourth-order valence-electron chi connectivity index (χ4n) is 3.69. The Labute approximate surface area is 216 Å². The van der Waals surface area contributed by atoms with Gasteiger partial charge in [0, 0.05) is 23.5 Å². The molecule has 0 saturated carbocycles. The molecule has 0 aliphatic heterocycles. The molecule has 0 spiro atoms. The zero-order chi connectivity index (χ0) is 28.1.